The fraction of sp³-hybridized carbons (Fsp3) is 0.429. The molecule has 0 amide bonds. The number of hydrogen-bond donors (Lipinski definition) is 0. The van der Waals surface area contributed by atoms with Crippen LogP contribution in [0.25, 0.3) is 0 Å². The van der Waals surface area contributed by atoms with E-state index in [1.807, 2.05) is 6.92 Å². The highest BCUT2D eigenvalue weighted by molar-refractivity contribution is 6.29. The summed E-state index contributed by atoms with van der Waals surface area (Å²) in [4.78, 5) is 11.3. The van der Waals surface area contributed by atoms with Gasteiger partial charge in [-0.2, -0.15) is 5.10 Å². The molecule has 0 radical (unpaired) electrons. The summed E-state index contributed by atoms with van der Waals surface area (Å²) in [7, 11) is 1.42. The maximum atomic E-state index is 11.3. The minimum atomic E-state index is -0.260. The molecule has 0 aliphatic rings. The Kier molecular flexibility index (Phi) is 2.70. The first kappa shape index (κ1) is 9.06. The number of aromatic nitrogens is 2. The largest absolute Gasteiger partial charge is 0.491 e. The van der Waals surface area contributed by atoms with Gasteiger partial charge in [-0.1, -0.05) is 11.6 Å². The third-order valence-electron chi connectivity index (χ3n) is 1.43. The monoisotopic (exact) mass is 188 g/mol. The Balaban J connectivity index is 3.32. The maximum absolute atomic E-state index is 11.3. The summed E-state index contributed by atoms with van der Waals surface area (Å²) in [5.74, 6) is 0.219. The second-order valence-corrected chi connectivity index (χ2v) is 2.54. The van der Waals surface area contributed by atoms with Gasteiger partial charge in [0.25, 0.3) is 0 Å². The third-order valence-corrected chi connectivity index (χ3v) is 1.62. The van der Waals surface area contributed by atoms with Gasteiger partial charge in [-0.25, -0.2) is 4.68 Å². The number of rotatable bonds is 2. The molecule has 0 unspecified atom stereocenters. The van der Waals surface area contributed by atoms with Crippen molar-refractivity contribution in [3.8, 4) is 5.75 Å². The van der Waals surface area contributed by atoms with E-state index >= 15 is 0 Å². The Morgan fingerprint density at radius 2 is 2.42 bits per heavy atom. The van der Waals surface area contributed by atoms with Gasteiger partial charge in [0.1, 0.15) is 0 Å². The highest BCUT2D eigenvalue weighted by Gasteiger charge is 2.04. The first-order valence-electron chi connectivity index (χ1n) is 3.50. The normalized spacial score (nSPS) is 9.92. The van der Waals surface area contributed by atoms with E-state index < -0.39 is 0 Å². The van der Waals surface area contributed by atoms with Crippen molar-refractivity contribution in [2.45, 2.75) is 13.5 Å². The SMILES string of the molecule is CCn1nc(Cl)cc(OC)c1=O. The molecule has 5 heteroatoms. The Morgan fingerprint density at radius 1 is 1.75 bits per heavy atom. The van der Waals surface area contributed by atoms with Crippen LogP contribution in [0.1, 0.15) is 6.92 Å². The molecule has 66 valence electrons. The smallest absolute Gasteiger partial charge is 0.309 e. The van der Waals surface area contributed by atoms with Crippen molar-refractivity contribution < 1.29 is 4.74 Å². The molecule has 0 aliphatic heterocycles. The Labute approximate surface area is 74.7 Å². The number of nitrogens with zero attached hydrogens (tertiary/aromatic N) is 2. The van der Waals surface area contributed by atoms with E-state index in [0.29, 0.717) is 6.54 Å². The highest BCUT2D eigenvalue weighted by Crippen LogP contribution is 2.08. The number of aryl methyl sites for hydroxylation is 1. The van der Waals surface area contributed by atoms with Crippen molar-refractivity contribution in [1.29, 1.82) is 0 Å². The summed E-state index contributed by atoms with van der Waals surface area (Å²) in [5.41, 5.74) is -0.260. The lowest BCUT2D eigenvalue weighted by Crippen LogP contribution is -2.23. The lowest BCUT2D eigenvalue weighted by molar-refractivity contribution is 0.397. The molecule has 1 aromatic heterocycles. The Hall–Kier alpha value is -1.03. The molecule has 0 fully saturated rings. The van der Waals surface area contributed by atoms with Crippen molar-refractivity contribution in [2.24, 2.45) is 0 Å². The summed E-state index contributed by atoms with van der Waals surface area (Å²) in [6, 6.07) is 1.40. The number of ether oxygens (including phenoxy) is 1. The van der Waals surface area contributed by atoms with Crippen molar-refractivity contribution in [1.82, 2.24) is 9.78 Å². The molecule has 0 atom stereocenters. The predicted octanol–water partition coefficient (Wildman–Crippen LogP) is 0.925. The van der Waals surface area contributed by atoms with Gasteiger partial charge in [0.15, 0.2) is 10.9 Å². The highest BCUT2D eigenvalue weighted by atomic mass is 35.5. The summed E-state index contributed by atoms with van der Waals surface area (Å²) >= 11 is 5.63. The van der Waals surface area contributed by atoms with Gasteiger partial charge in [-0.3, -0.25) is 4.79 Å². The number of halogens is 1. The summed E-state index contributed by atoms with van der Waals surface area (Å²) < 4.78 is 6.06. The second-order valence-electron chi connectivity index (χ2n) is 2.16. The van der Waals surface area contributed by atoms with Crippen LogP contribution in [-0.4, -0.2) is 16.9 Å². The van der Waals surface area contributed by atoms with Gasteiger partial charge in [0, 0.05) is 12.6 Å². The van der Waals surface area contributed by atoms with Crippen LogP contribution >= 0.6 is 11.6 Å². The van der Waals surface area contributed by atoms with Crippen LogP contribution in [0.2, 0.25) is 5.15 Å². The zero-order valence-corrected chi connectivity index (χ0v) is 7.63. The first-order chi connectivity index (χ1) is 5.69. The second kappa shape index (κ2) is 3.58. The molecule has 1 aromatic rings. The van der Waals surface area contributed by atoms with Crippen molar-refractivity contribution in [2.75, 3.05) is 7.11 Å². The topological polar surface area (TPSA) is 44.1 Å². The van der Waals surface area contributed by atoms with E-state index in [1.54, 1.807) is 0 Å². The molecule has 12 heavy (non-hydrogen) atoms. The van der Waals surface area contributed by atoms with Crippen molar-refractivity contribution >= 4 is 11.6 Å². The molecule has 1 rings (SSSR count). The lowest BCUT2D eigenvalue weighted by Gasteiger charge is -2.03. The summed E-state index contributed by atoms with van der Waals surface area (Å²) in [5, 5.41) is 4.05. The van der Waals surface area contributed by atoms with Crippen LogP contribution in [0.5, 0.6) is 5.75 Å². The van der Waals surface area contributed by atoms with E-state index in [2.05, 4.69) is 5.10 Å². The van der Waals surface area contributed by atoms with Gasteiger partial charge >= 0.3 is 5.56 Å². The fourth-order valence-electron chi connectivity index (χ4n) is 0.847. The van der Waals surface area contributed by atoms with Crippen LogP contribution in [0.3, 0.4) is 0 Å². The van der Waals surface area contributed by atoms with E-state index in [0.717, 1.165) is 0 Å². The molecular weight excluding hydrogens is 180 g/mol. The third kappa shape index (κ3) is 1.58. The average molecular weight is 189 g/mol. The van der Waals surface area contributed by atoms with Gasteiger partial charge in [-0.05, 0) is 6.92 Å². The number of methoxy groups -OCH3 is 1. The van der Waals surface area contributed by atoms with Crippen LogP contribution < -0.4 is 10.3 Å². The molecule has 4 nitrogen and oxygen atoms in total. The standard InChI is InChI=1S/C7H9ClN2O2/c1-3-10-7(11)5(12-2)4-6(8)9-10/h4H,3H2,1-2H3. The summed E-state index contributed by atoms with van der Waals surface area (Å²) in [6.07, 6.45) is 0. The van der Waals surface area contributed by atoms with Crippen molar-refractivity contribution in [3.05, 3.63) is 21.6 Å². The Bertz CT molecular complexity index is 306. The molecule has 0 saturated carbocycles. The predicted molar refractivity (Wildman–Crippen MR) is 45.7 cm³/mol. The Morgan fingerprint density at radius 3 is 2.92 bits per heavy atom. The molecular formula is C7H9ClN2O2. The van der Waals surface area contributed by atoms with Crippen LogP contribution in [-0.2, 0) is 6.54 Å². The van der Waals surface area contributed by atoms with Gasteiger partial charge in [0.05, 0.1) is 7.11 Å². The number of hydrogen-bond acceptors (Lipinski definition) is 3. The van der Waals surface area contributed by atoms with E-state index in [1.165, 1.54) is 17.9 Å². The molecule has 1 heterocycles. The van der Waals surface area contributed by atoms with E-state index in [9.17, 15) is 4.79 Å². The fourth-order valence-corrected chi connectivity index (χ4v) is 1.04. The zero-order chi connectivity index (χ0) is 9.14. The first-order valence-corrected chi connectivity index (χ1v) is 3.88. The molecule has 0 bridgehead atoms. The molecule has 0 N–H and O–H groups in total. The van der Waals surface area contributed by atoms with Crippen LogP contribution in [0.15, 0.2) is 10.9 Å². The minimum Gasteiger partial charge on any atom is -0.491 e. The molecule has 0 aromatic carbocycles. The maximum Gasteiger partial charge on any atom is 0.309 e. The quantitative estimate of drug-likeness (QED) is 0.694. The summed E-state index contributed by atoms with van der Waals surface area (Å²) in [6.45, 7) is 2.29. The van der Waals surface area contributed by atoms with Gasteiger partial charge in [0.2, 0.25) is 0 Å². The van der Waals surface area contributed by atoms with Crippen molar-refractivity contribution in [3.63, 3.8) is 0 Å². The van der Waals surface area contributed by atoms with Gasteiger partial charge < -0.3 is 4.74 Å². The zero-order valence-electron chi connectivity index (χ0n) is 6.87. The van der Waals surface area contributed by atoms with Crippen LogP contribution in [0.4, 0.5) is 0 Å². The molecule has 0 spiro atoms. The van der Waals surface area contributed by atoms with Gasteiger partial charge in [-0.15, -0.1) is 0 Å². The van der Waals surface area contributed by atoms with Crippen LogP contribution in [0, 0.1) is 0 Å². The van der Waals surface area contributed by atoms with E-state index in [4.69, 9.17) is 16.3 Å². The molecule has 0 saturated heterocycles. The lowest BCUT2D eigenvalue weighted by atomic mass is 10.5. The minimum absolute atomic E-state index is 0.219. The average Bonchev–Trinajstić information content (AvgIpc) is 2.08. The van der Waals surface area contributed by atoms with E-state index in [-0.39, 0.29) is 16.5 Å². The molecule has 0 aliphatic carbocycles.